The largest absolute Gasteiger partial charge is 0.297 e. The highest BCUT2D eigenvalue weighted by molar-refractivity contribution is 8.77. The quantitative estimate of drug-likeness (QED) is 0.462. The monoisotopic (exact) mass is 107 g/mol. The summed E-state index contributed by atoms with van der Waals surface area (Å²) in [6, 6.07) is 0. The fourth-order valence-corrected chi connectivity index (χ4v) is 1.87. The van der Waals surface area contributed by atoms with Crippen LogP contribution in [0.3, 0.4) is 0 Å². The first kappa shape index (κ1) is 3.84. The van der Waals surface area contributed by atoms with Gasteiger partial charge in [0.25, 0.3) is 0 Å². The van der Waals surface area contributed by atoms with Gasteiger partial charge in [-0.1, -0.05) is 21.6 Å². The van der Waals surface area contributed by atoms with E-state index in [-0.39, 0.29) is 0 Å². The van der Waals surface area contributed by atoms with Crippen LogP contribution in [0.4, 0.5) is 0 Å². The molecule has 0 aromatic heterocycles. The molecule has 1 fully saturated rings. The highest BCUT2D eigenvalue weighted by atomic mass is 33.1. The molecule has 0 atom stereocenters. The Labute approximate surface area is 39.3 Å². The topological polar surface area (TPSA) is 12.0 Å². The first-order valence-electron chi connectivity index (χ1n) is 1.45. The first-order chi connectivity index (χ1) is 2.50. The summed E-state index contributed by atoms with van der Waals surface area (Å²) in [6.07, 6.45) is 0. The van der Waals surface area contributed by atoms with E-state index in [1.54, 1.807) is 0 Å². The van der Waals surface area contributed by atoms with E-state index in [0.29, 0.717) is 0 Å². The second-order valence-electron chi connectivity index (χ2n) is 0.774. The molecule has 1 aliphatic rings. The lowest BCUT2D eigenvalue weighted by Gasteiger charge is -1.72. The van der Waals surface area contributed by atoms with Crippen molar-refractivity contribution in [1.29, 1.82) is 0 Å². The molecule has 30 valence electrons. The molecule has 3 heteroatoms. The van der Waals surface area contributed by atoms with E-state index in [4.69, 9.17) is 0 Å². The normalized spacial score (nSPS) is 24.0. The fraction of sp³-hybridized carbons (Fsp3) is 1.00. The molecule has 0 aromatic carbocycles. The van der Waals surface area contributed by atoms with Gasteiger partial charge < -0.3 is 0 Å². The molecule has 0 spiro atoms. The molecule has 0 saturated carbocycles. The van der Waals surface area contributed by atoms with Gasteiger partial charge in [-0.05, 0) is 0 Å². The predicted molar refractivity (Wildman–Crippen MR) is 28.1 cm³/mol. The van der Waals surface area contributed by atoms with Gasteiger partial charge in [0.2, 0.25) is 0 Å². The minimum absolute atomic E-state index is 1.13. The molecule has 0 aliphatic carbocycles. The van der Waals surface area contributed by atoms with Gasteiger partial charge in [0.15, 0.2) is 0 Å². The smallest absolute Gasteiger partial charge is 0.0530 e. The Bertz CT molecular complexity index is 19.2. The van der Waals surface area contributed by atoms with Crippen LogP contribution in [-0.2, 0) is 0 Å². The third kappa shape index (κ3) is 1.03. The van der Waals surface area contributed by atoms with Gasteiger partial charge in [0, 0.05) is 0 Å². The average molecular weight is 107 g/mol. The van der Waals surface area contributed by atoms with E-state index in [1.165, 1.54) is 0 Å². The van der Waals surface area contributed by atoms with Gasteiger partial charge >= 0.3 is 0 Å². The summed E-state index contributed by atoms with van der Waals surface area (Å²) in [6.45, 7) is 0. The average Bonchev–Trinajstić information content (AvgIpc) is 1.76. The van der Waals surface area contributed by atoms with Crippen LogP contribution in [0.1, 0.15) is 0 Å². The van der Waals surface area contributed by atoms with E-state index < -0.39 is 0 Å². The third-order valence-corrected chi connectivity index (χ3v) is 2.42. The SMILES string of the molecule is C1NCSS1. The minimum atomic E-state index is 1.13. The van der Waals surface area contributed by atoms with Crippen molar-refractivity contribution in [2.45, 2.75) is 0 Å². The minimum Gasteiger partial charge on any atom is -0.297 e. The standard InChI is InChI=1S/C2H5NS2/c1-3-2-5-4-1/h3H,1-2H2. The summed E-state index contributed by atoms with van der Waals surface area (Å²) >= 11 is 0. The Kier molecular flexibility index (Phi) is 1.50. The molecular formula is C2H5NS2. The molecule has 1 rings (SSSR count). The van der Waals surface area contributed by atoms with E-state index in [0.717, 1.165) is 11.8 Å². The molecule has 0 bridgehead atoms. The Hall–Kier alpha value is 0.660. The first-order valence-corrected chi connectivity index (χ1v) is 3.94. The molecule has 0 amide bonds. The van der Waals surface area contributed by atoms with Crippen LogP contribution in [-0.4, -0.2) is 11.8 Å². The molecule has 0 unspecified atom stereocenters. The fourth-order valence-electron chi connectivity index (χ4n) is 0.208. The summed E-state index contributed by atoms with van der Waals surface area (Å²) in [7, 11) is 3.76. The second-order valence-corrected chi connectivity index (χ2v) is 3.24. The maximum Gasteiger partial charge on any atom is 0.0530 e. The highest BCUT2D eigenvalue weighted by Gasteiger charge is 1.94. The molecule has 1 nitrogen and oxygen atoms in total. The van der Waals surface area contributed by atoms with Crippen LogP contribution in [0.15, 0.2) is 0 Å². The molecule has 1 N–H and O–H groups in total. The Balaban J connectivity index is 2.08. The summed E-state index contributed by atoms with van der Waals surface area (Å²) in [5.74, 6) is 2.26. The van der Waals surface area contributed by atoms with Gasteiger partial charge in [-0.3, -0.25) is 5.32 Å². The number of rotatable bonds is 0. The molecule has 1 heterocycles. The predicted octanol–water partition coefficient (Wildman–Crippen LogP) is 0.886. The number of nitrogens with one attached hydrogen (secondary N) is 1. The van der Waals surface area contributed by atoms with Crippen molar-refractivity contribution in [3.63, 3.8) is 0 Å². The van der Waals surface area contributed by atoms with Crippen molar-refractivity contribution in [1.82, 2.24) is 5.32 Å². The number of hydrogen-bond acceptors (Lipinski definition) is 3. The van der Waals surface area contributed by atoms with Crippen molar-refractivity contribution in [2.75, 3.05) is 11.8 Å². The highest BCUT2D eigenvalue weighted by Crippen LogP contribution is 2.22. The Morgan fingerprint density at radius 2 is 1.80 bits per heavy atom. The van der Waals surface area contributed by atoms with Crippen LogP contribution in [0.25, 0.3) is 0 Å². The van der Waals surface area contributed by atoms with E-state index >= 15 is 0 Å². The van der Waals surface area contributed by atoms with Gasteiger partial charge in [-0.25, -0.2) is 0 Å². The maximum atomic E-state index is 3.15. The van der Waals surface area contributed by atoms with E-state index in [2.05, 4.69) is 5.32 Å². The molecule has 1 saturated heterocycles. The van der Waals surface area contributed by atoms with Crippen molar-refractivity contribution in [2.24, 2.45) is 0 Å². The molecule has 1 aliphatic heterocycles. The van der Waals surface area contributed by atoms with Crippen molar-refractivity contribution < 1.29 is 0 Å². The molecule has 0 aromatic rings. The lowest BCUT2D eigenvalue weighted by molar-refractivity contribution is 0.966. The van der Waals surface area contributed by atoms with E-state index in [9.17, 15) is 0 Å². The molecular weight excluding hydrogens is 102 g/mol. The van der Waals surface area contributed by atoms with Crippen molar-refractivity contribution >= 4 is 21.6 Å². The summed E-state index contributed by atoms with van der Waals surface area (Å²) in [5.41, 5.74) is 0. The summed E-state index contributed by atoms with van der Waals surface area (Å²) in [4.78, 5) is 0. The van der Waals surface area contributed by atoms with Gasteiger partial charge in [0.1, 0.15) is 0 Å². The van der Waals surface area contributed by atoms with Crippen LogP contribution in [0.5, 0.6) is 0 Å². The van der Waals surface area contributed by atoms with Gasteiger partial charge in [-0.15, -0.1) is 0 Å². The summed E-state index contributed by atoms with van der Waals surface area (Å²) in [5, 5.41) is 3.15. The van der Waals surface area contributed by atoms with Crippen LogP contribution >= 0.6 is 21.6 Å². The molecule has 5 heavy (non-hydrogen) atoms. The van der Waals surface area contributed by atoms with Gasteiger partial charge in [-0.2, -0.15) is 0 Å². The zero-order chi connectivity index (χ0) is 3.54. The van der Waals surface area contributed by atoms with Crippen molar-refractivity contribution in [3.8, 4) is 0 Å². The Morgan fingerprint density at radius 1 is 1.20 bits per heavy atom. The number of hydrogen-bond donors (Lipinski definition) is 1. The van der Waals surface area contributed by atoms with Crippen LogP contribution in [0, 0.1) is 0 Å². The second kappa shape index (κ2) is 1.95. The van der Waals surface area contributed by atoms with Gasteiger partial charge in [0.05, 0.1) is 11.8 Å². The zero-order valence-corrected chi connectivity index (χ0v) is 4.36. The van der Waals surface area contributed by atoms with Crippen molar-refractivity contribution in [3.05, 3.63) is 0 Å². The maximum absolute atomic E-state index is 3.15. The zero-order valence-electron chi connectivity index (χ0n) is 2.73. The summed E-state index contributed by atoms with van der Waals surface area (Å²) < 4.78 is 0. The lowest BCUT2D eigenvalue weighted by Crippen LogP contribution is -2.01. The van der Waals surface area contributed by atoms with E-state index in [1.807, 2.05) is 21.6 Å². The van der Waals surface area contributed by atoms with Crippen LogP contribution < -0.4 is 5.32 Å². The lowest BCUT2D eigenvalue weighted by atomic mass is 11.2. The molecule has 0 radical (unpaired) electrons. The van der Waals surface area contributed by atoms with Crippen LogP contribution in [0.2, 0.25) is 0 Å². The third-order valence-electron chi connectivity index (χ3n) is 0.405. The Morgan fingerprint density at radius 3 is 2.00 bits per heavy atom.